The first-order valence-corrected chi connectivity index (χ1v) is 19.9. The van der Waals surface area contributed by atoms with Gasteiger partial charge < -0.3 is 50.8 Å². The van der Waals surface area contributed by atoms with E-state index in [1.165, 1.54) is 11.9 Å². The molecule has 0 saturated carbocycles. The first-order chi connectivity index (χ1) is 27.7. The molecule has 15 nitrogen and oxygen atoms in total. The predicted molar refractivity (Wildman–Crippen MR) is 215 cm³/mol. The van der Waals surface area contributed by atoms with Crippen LogP contribution in [0.15, 0.2) is 60.8 Å². The zero-order valence-electron chi connectivity index (χ0n) is 33.1. The Hall–Kier alpha value is -4.88. The second-order valence-electron chi connectivity index (χ2n) is 13.7. The summed E-state index contributed by atoms with van der Waals surface area (Å²) in [6.07, 6.45) is 1.39. The topological polar surface area (TPSA) is 212 Å². The van der Waals surface area contributed by atoms with Gasteiger partial charge in [0.1, 0.15) is 24.3 Å². The fourth-order valence-corrected chi connectivity index (χ4v) is 7.54. The van der Waals surface area contributed by atoms with Crippen molar-refractivity contribution in [3.63, 3.8) is 0 Å². The Balaban J connectivity index is 1.63. The van der Waals surface area contributed by atoms with Gasteiger partial charge >= 0.3 is 11.9 Å². The second kappa shape index (κ2) is 24.1. The summed E-state index contributed by atoms with van der Waals surface area (Å²) in [5.41, 5.74) is 2.05. The quantitative estimate of drug-likeness (QED) is 0.0582. The number of likely N-dealkylation sites (N-methyl/N-ethyl adjacent to an activating group) is 2. The van der Waals surface area contributed by atoms with Crippen LogP contribution in [0.5, 0.6) is 0 Å². The van der Waals surface area contributed by atoms with Crippen LogP contribution in [-0.2, 0) is 35.3 Å². The molecule has 0 bridgehead atoms. The van der Waals surface area contributed by atoms with E-state index in [9.17, 15) is 43.7 Å². The highest BCUT2D eigenvalue weighted by Gasteiger charge is 2.32. The summed E-state index contributed by atoms with van der Waals surface area (Å²) in [6, 6.07) is 12.1. The first-order valence-electron chi connectivity index (χ1n) is 18.8. The number of nitrogens with one attached hydrogen (secondary N) is 4. The first kappa shape index (κ1) is 47.5. The molecule has 0 aliphatic heterocycles. The van der Waals surface area contributed by atoms with Crippen LogP contribution in [0.2, 0.25) is 0 Å². The molecule has 1 heterocycles. The van der Waals surface area contributed by atoms with Crippen molar-refractivity contribution in [2.75, 3.05) is 59.3 Å². The van der Waals surface area contributed by atoms with E-state index in [2.05, 4.69) is 21.3 Å². The zero-order valence-corrected chi connectivity index (χ0v) is 33.9. The molecule has 0 radical (unpaired) electrons. The van der Waals surface area contributed by atoms with E-state index in [-0.39, 0.29) is 62.4 Å². The van der Waals surface area contributed by atoms with Crippen LogP contribution in [0.25, 0.3) is 11.1 Å². The summed E-state index contributed by atoms with van der Waals surface area (Å²) in [6.45, 7) is 3.77. The number of hydrogen-bond donors (Lipinski definition) is 7. The number of carbonyl (C=O) groups is 5. The molecule has 0 aliphatic rings. The van der Waals surface area contributed by atoms with Gasteiger partial charge in [0.05, 0.1) is 37.0 Å². The van der Waals surface area contributed by atoms with Crippen molar-refractivity contribution in [3.8, 4) is 11.1 Å². The van der Waals surface area contributed by atoms with Crippen molar-refractivity contribution in [1.82, 2.24) is 30.7 Å². The Kier molecular flexibility index (Phi) is 19.8. The highest BCUT2D eigenvalue weighted by molar-refractivity contribution is 8.00. The number of benzene rings is 2. The number of aliphatic hydroxyl groups excluding tert-OH is 1. The lowest BCUT2D eigenvalue weighted by atomic mass is 9.96. The Bertz CT molecular complexity index is 1820. The minimum absolute atomic E-state index is 0.0147. The number of ether oxygens (including phenoxy) is 1. The number of thioether (sulfide) groups is 1. The van der Waals surface area contributed by atoms with E-state index in [0.29, 0.717) is 17.8 Å². The summed E-state index contributed by atoms with van der Waals surface area (Å²) >= 11 is 0.921. The maximum absolute atomic E-state index is 15.0. The summed E-state index contributed by atoms with van der Waals surface area (Å²) in [5.74, 6) is -5.27. The van der Waals surface area contributed by atoms with Crippen molar-refractivity contribution >= 4 is 41.4 Å². The van der Waals surface area contributed by atoms with Gasteiger partial charge in [-0.3, -0.25) is 24.0 Å². The van der Waals surface area contributed by atoms with E-state index in [1.807, 2.05) is 48.7 Å². The van der Waals surface area contributed by atoms with E-state index in [4.69, 9.17) is 4.74 Å². The standard InChI is InChI=1S/C40H54F2N6O9S/c1-25(2)37(33-18-27(29-19-28(41)10-11-30(29)42)22-47(33)21-26-8-6-5-7-9-26)48(35(50)23-49)15-12-31(43-3)38(53)45-13-16-57-17-14-46-39(54)34(20-36(51)52)58-24-32(44-4)40(55)56/h5-11,18-19,22,25,31-32,34,37,43-44,49H,12-17,20-21,23-24H2,1-4H3,(H,45,53)(H,46,54)(H,51,52)(H,55,56). The van der Waals surface area contributed by atoms with Crippen LogP contribution in [0.4, 0.5) is 8.78 Å². The lowest BCUT2D eigenvalue weighted by Gasteiger charge is -2.36. The van der Waals surface area contributed by atoms with Gasteiger partial charge in [-0.15, -0.1) is 11.8 Å². The normalized spacial score (nSPS) is 13.4. The fourth-order valence-electron chi connectivity index (χ4n) is 6.31. The molecule has 318 valence electrons. The average molecular weight is 833 g/mol. The molecule has 3 rings (SSSR count). The van der Waals surface area contributed by atoms with Gasteiger partial charge in [-0.2, -0.15) is 0 Å². The van der Waals surface area contributed by atoms with Crippen LogP contribution in [0, 0.1) is 17.6 Å². The number of carboxylic acid groups (broad SMARTS) is 2. The molecule has 3 amide bonds. The smallest absolute Gasteiger partial charge is 0.321 e. The van der Waals surface area contributed by atoms with E-state index < -0.39 is 71.8 Å². The SMILES string of the molecule is CNC(CSC(CC(=O)O)C(=O)NCCOCCNC(=O)C(CCN(C(=O)CO)C(c1cc(-c2cc(F)ccc2F)cn1Cc1ccccc1)C(C)C)NC)C(=O)O. The van der Waals surface area contributed by atoms with E-state index in [0.717, 1.165) is 35.5 Å². The Morgan fingerprint density at radius 3 is 2.14 bits per heavy atom. The van der Waals surface area contributed by atoms with Crippen LogP contribution < -0.4 is 21.3 Å². The van der Waals surface area contributed by atoms with Gasteiger partial charge in [0.25, 0.3) is 0 Å². The van der Waals surface area contributed by atoms with Crippen LogP contribution in [0.1, 0.15) is 44.0 Å². The molecular weight excluding hydrogens is 779 g/mol. The van der Waals surface area contributed by atoms with Gasteiger partial charge in [-0.25, -0.2) is 8.78 Å². The van der Waals surface area contributed by atoms with Crippen LogP contribution >= 0.6 is 11.8 Å². The molecule has 0 aliphatic carbocycles. The molecule has 3 aromatic rings. The summed E-state index contributed by atoms with van der Waals surface area (Å²) < 4.78 is 36.7. The molecule has 0 spiro atoms. The monoisotopic (exact) mass is 832 g/mol. The van der Waals surface area contributed by atoms with Crippen molar-refractivity contribution in [3.05, 3.63) is 83.7 Å². The number of carboxylic acids is 2. The molecule has 2 aromatic carbocycles. The number of halogens is 2. The molecule has 0 saturated heterocycles. The predicted octanol–water partition coefficient (Wildman–Crippen LogP) is 2.48. The van der Waals surface area contributed by atoms with Crippen LogP contribution in [0.3, 0.4) is 0 Å². The molecule has 0 fully saturated rings. The molecule has 1 aromatic heterocycles. The summed E-state index contributed by atoms with van der Waals surface area (Å²) in [7, 11) is 3.05. The third-order valence-corrected chi connectivity index (χ3v) is 10.6. The summed E-state index contributed by atoms with van der Waals surface area (Å²) in [4.78, 5) is 63.2. The van der Waals surface area contributed by atoms with Gasteiger partial charge in [-0.05, 0) is 56.3 Å². The third kappa shape index (κ3) is 14.5. The number of aliphatic hydroxyl groups is 1. The number of carbonyl (C=O) groups excluding carboxylic acids is 3. The van der Waals surface area contributed by atoms with Crippen molar-refractivity contribution in [2.24, 2.45) is 5.92 Å². The highest BCUT2D eigenvalue weighted by Crippen LogP contribution is 2.35. The van der Waals surface area contributed by atoms with Crippen molar-refractivity contribution < 1.29 is 52.8 Å². The maximum Gasteiger partial charge on any atom is 0.321 e. The molecule has 18 heteroatoms. The average Bonchev–Trinajstić information content (AvgIpc) is 3.59. The number of aromatic nitrogens is 1. The van der Waals surface area contributed by atoms with Crippen LogP contribution in [-0.4, -0.2) is 131 Å². The number of amides is 3. The van der Waals surface area contributed by atoms with Gasteiger partial charge in [-0.1, -0.05) is 44.2 Å². The number of hydrogen-bond acceptors (Lipinski definition) is 10. The number of nitrogens with zero attached hydrogens (tertiary/aromatic N) is 2. The number of rotatable bonds is 26. The Morgan fingerprint density at radius 2 is 1.55 bits per heavy atom. The molecule has 7 N–H and O–H groups in total. The van der Waals surface area contributed by atoms with Crippen molar-refractivity contribution in [1.29, 1.82) is 0 Å². The second-order valence-corrected chi connectivity index (χ2v) is 15.0. The molecule has 58 heavy (non-hydrogen) atoms. The lowest BCUT2D eigenvalue weighted by Crippen LogP contribution is -2.47. The van der Waals surface area contributed by atoms with Gasteiger partial charge in [0.15, 0.2) is 0 Å². The zero-order chi connectivity index (χ0) is 42.8. The molecule has 4 atom stereocenters. The maximum atomic E-state index is 15.0. The Morgan fingerprint density at radius 1 is 0.897 bits per heavy atom. The number of aliphatic carboxylic acids is 2. The highest BCUT2D eigenvalue weighted by atomic mass is 32.2. The largest absolute Gasteiger partial charge is 0.481 e. The minimum Gasteiger partial charge on any atom is -0.481 e. The van der Waals surface area contributed by atoms with Gasteiger partial charge in [0.2, 0.25) is 17.7 Å². The van der Waals surface area contributed by atoms with Crippen molar-refractivity contribution in [2.45, 2.75) is 56.6 Å². The van der Waals surface area contributed by atoms with E-state index >= 15 is 4.39 Å². The Labute approximate surface area is 340 Å². The van der Waals surface area contributed by atoms with Gasteiger partial charge in [0, 0.05) is 54.9 Å². The lowest BCUT2D eigenvalue weighted by molar-refractivity contribution is -0.139. The minimum atomic E-state index is -1.20. The molecular formula is C40H54F2N6O9S. The third-order valence-electron chi connectivity index (χ3n) is 9.27. The summed E-state index contributed by atoms with van der Waals surface area (Å²) in [5, 5.41) is 38.4. The molecule has 4 unspecified atom stereocenters. The van der Waals surface area contributed by atoms with E-state index in [1.54, 1.807) is 19.3 Å². The fraction of sp³-hybridized carbons (Fsp3) is 0.475.